The van der Waals surface area contributed by atoms with Crippen LogP contribution >= 0.6 is 23.5 Å². The summed E-state index contributed by atoms with van der Waals surface area (Å²) in [7, 11) is -16.2. The van der Waals surface area contributed by atoms with Crippen LogP contribution in [0.5, 0.6) is 0 Å². The number of rotatable bonds is 0. The Hall–Kier alpha value is 0.525. The summed E-state index contributed by atoms with van der Waals surface area (Å²) in [6.07, 6.45) is 0. The van der Waals surface area contributed by atoms with Gasteiger partial charge in [-0.1, -0.05) is 0 Å². The maximum absolute atomic E-state index is 8.55. The summed E-state index contributed by atoms with van der Waals surface area (Å²) >= 11 is 0. The Morgan fingerprint density at radius 2 is 0.389 bits per heavy atom. The summed E-state index contributed by atoms with van der Waals surface area (Å²) in [6.45, 7) is 0. The molecule has 0 radical (unpaired) electrons. The van der Waals surface area contributed by atoms with E-state index in [1.807, 2.05) is 0 Å². The van der Waals surface area contributed by atoms with Crippen LogP contribution in [0.4, 0.5) is 0 Å². The van der Waals surface area contributed by atoms with Gasteiger partial charge in [-0.25, -0.2) is 0 Å². The van der Waals surface area contributed by atoms with Gasteiger partial charge in [0.2, 0.25) is 0 Å². The minimum Gasteiger partial charge on any atom is -0.822 e. The Morgan fingerprint density at radius 1 is 0.389 bits per heavy atom. The maximum atomic E-state index is 8.55. The van der Waals surface area contributed by atoms with Crippen LogP contribution in [-0.4, -0.2) is 25.2 Å². The van der Waals surface area contributed by atoms with Gasteiger partial charge in [0.1, 0.15) is 0 Å². The molecule has 0 aromatic heterocycles. The van der Waals surface area contributed by atoms with Gasteiger partial charge in [-0.15, -0.1) is 0 Å². The van der Waals surface area contributed by atoms with Crippen LogP contribution in [0.15, 0.2) is 0 Å². The molecule has 18 heavy (non-hydrogen) atoms. The largest absolute Gasteiger partial charge is 3.00 e. The van der Waals surface area contributed by atoms with Gasteiger partial charge in [0.15, 0.2) is 0 Å². The first-order valence-electron chi connectivity index (χ1n) is 2.19. The summed E-state index contributed by atoms with van der Waals surface area (Å²) in [5.74, 6) is 0. The molecule has 0 aliphatic rings. The van der Waals surface area contributed by atoms with Gasteiger partial charge >= 0.3 is 25.2 Å². The summed E-state index contributed by atoms with van der Waals surface area (Å²) in [5, 5.41) is 0. The zero-order chi connectivity index (χ0) is 13.5. The van der Waals surface area contributed by atoms with Crippen LogP contribution < -0.4 is 44.0 Å². The molecule has 0 saturated heterocycles. The predicted octanol–water partition coefficient (Wildman–Crippen LogP) is -9.62. The first kappa shape index (κ1) is 36.3. The van der Waals surface area contributed by atoms with E-state index in [1.54, 1.807) is 0 Å². The standard InChI is InChI=1S/3B.3H3O4P/c;;;3*1-5(2,3)4/h;;;3*(H3,1,2,3,4)/q3*+3;;;/p-9. The fourth-order valence-corrected chi connectivity index (χ4v) is 0. The molecule has 0 aromatic carbocycles. The second kappa shape index (κ2) is 13.9. The Labute approximate surface area is 107 Å². The molecule has 0 saturated carbocycles. The molecule has 0 atom stereocenters. The van der Waals surface area contributed by atoms with Crippen molar-refractivity contribution in [2.45, 2.75) is 0 Å². The van der Waals surface area contributed by atoms with Crippen molar-refractivity contribution in [2.75, 3.05) is 0 Å². The molecule has 0 rings (SSSR count). The Morgan fingerprint density at radius 3 is 0.389 bits per heavy atom. The molecule has 0 aliphatic heterocycles. The van der Waals surface area contributed by atoms with Crippen LogP contribution in [0.1, 0.15) is 0 Å². The Bertz CT molecular complexity index is 209. The number of phosphoric acid groups is 3. The third-order valence-corrected chi connectivity index (χ3v) is 0. The van der Waals surface area contributed by atoms with E-state index in [2.05, 4.69) is 0 Å². The zero-order valence-electron chi connectivity index (χ0n) is 7.97. The van der Waals surface area contributed by atoms with Crippen molar-refractivity contribution < 1.29 is 57.7 Å². The average molecular weight is 317 g/mol. The van der Waals surface area contributed by atoms with Crippen LogP contribution in [0.3, 0.4) is 0 Å². The average Bonchev–Trinajstić information content (AvgIpc) is 1.41. The summed E-state index contributed by atoms with van der Waals surface area (Å²) in [6, 6.07) is 0. The quantitative estimate of drug-likeness (QED) is 0.297. The van der Waals surface area contributed by atoms with Gasteiger partial charge in [-0.3, -0.25) is 0 Å². The predicted molar refractivity (Wildman–Crippen MR) is 40.1 cm³/mol. The topological polar surface area (TPSA) is 259 Å². The molecule has 0 unspecified atom stereocenters. The fourth-order valence-electron chi connectivity index (χ4n) is 0. The molecule has 18 heteroatoms. The molecule has 0 N–H and O–H groups in total. The van der Waals surface area contributed by atoms with Gasteiger partial charge in [0, 0.05) is 0 Å². The third kappa shape index (κ3) is 14500. The minimum absolute atomic E-state index is 0. The molecule has 0 spiro atoms. The van der Waals surface area contributed by atoms with Crippen molar-refractivity contribution in [3.05, 3.63) is 0 Å². The molecule has 96 valence electrons. The third-order valence-electron chi connectivity index (χ3n) is 0. The molecule has 0 fully saturated rings. The monoisotopic (exact) mass is 318 g/mol. The summed E-state index contributed by atoms with van der Waals surface area (Å²) in [4.78, 5) is 76.9. The van der Waals surface area contributed by atoms with Crippen LogP contribution in [0.2, 0.25) is 0 Å². The SMILES string of the molecule is O=P([O-])([O-])[O-].O=P([O-])([O-])[O-].O=P([O-])([O-])[O-].[B+3].[B+3].[B+3]. The molecule has 0 bridgehead atoms. The maximum Gasteiger partial charge on any atom is 3.00 e. The van der Waals surface area contributed by atoms with Crippen molar-refractivity contribution in [1.29, 1.82) is 0 Å². The minimum atomic E-state index is -5.39. The normalized spacial score (nSPS) is 9.83. The van der Waals surface area contributed by atoms with Gasteiger partial charge < -0.3 is 57.7 Å². The first-order chi connectivity index (χ1) is 6.00. The molecular weight excluding hydrogens is 317 g/mol. The van der Waals surface area contributed by atoms with Gasteiger partial charge in [-0.2, -0.15) is 23.5 Å². The zero-order valence-corrected chi connectivity index (χ0v) is 10.7. The second-order valence-electron chi connectivity index (χ2n) is 1.34. The Balaban J connectivity index is -0.0000000277. The van der Waals surface area contributed by atoms with Crippen molar-refractivity contribution >= 4 is 48.7 Å². The van der Waals surface area contributed by atoms with E-state index in [9.17, 15) is 0 Å². The Kier molecular flexibility index (Phi) is 28.1. The van der Waals surface area contributed by atoms with Crippen molar-refractivity contribution in [1.82, 2.24) is 0 Å². The van der Waals surface area contributed by atoms with Crippen molar-refractivity contribution in [3.63, 3.8) is 0 Å². The van der Waals surface area contributed by atoms with Crippen LogP contribution in [0, 0.1) is 0 Å². The van der Waals surface area contributed by atoms with E-state index in [1.165, 1.54) is 0 Å². The molecule has 12 nitrogen and oxygen atoms in total. The second-order valence-corrected chi connectivity index (χ2v) is 4.02. The van der Waals surface area contributed by atoms with Crippen LogP contribution in [-0.2, 0) is 13.7 Å². The molecule has 0 amide bonds. The van der Waals surface area contributed by atoms with Gasteiger partial charge in [0.25, 0.3) is 0 Å². The summed E-state index contributed by atoms with van der Waals surface area (Å²) < 4.78 is 25.6. The first-order valence-corrected chi connectivity index (χ1v) is 6.57. The van der Waals surface area contributed by atoms with Gasteiger partial charge in [-0.05, 0) is 0 Å². The number of hydrogen-bond acceptors (Lipinski definition) is 12. The molecule has 0 aromatic rings. The van der Waals surface area contributed by atoms with E-state index >= 15 is 0 Å². The van der Waals surface area contributed by atoms with E-state index < -0.39 is 23.5 Å². The van der Waals surface area contributed by atoms with E-state index in [0.29, 0.717) is 0 Å². The van der Waals surface area contributed by atoms with Crippen molar-refractivity contribution in [3.8, 4) is 0 Å². The number of hydrogen-bond donors (Lipinski definition) is 0. The van der Waals surface area contributed by atoms with E-state index in [0.717, 1.165) is 0 Å². The van der Waals surface area contributed by atoms with E-state index in [4.69, 9.17) is 57.7 Å². The van der Waals surface area contributed by atoms with Gasteiger partial charge in [0.05, 0.1) is 0 Å². The molecular formula is B3O12P3. The fraction of sp³-hybridized carbons (Fsp3) is 0. The summed E-state index contributed by atoms with van der Waals surface area (Å²) in [5.41, 5.74) is 0. The van der Waals surface area contributed by atoms with Crippen molar-refractivity contribution in [2.24, 2.45) is 0 Å². The van der Waals surface area contributed by atoms with E-state index in [-0.39, 0.29) is 25.2 Å². The molecule has 0 heterocycles. The smallest absolute Gasteiger partial charge is 0.822 e. The molecule has 0 aliphatic carbocycles. The van der Waals surface area contributed by atoms with Crippen LogP contribution in [0.25, 0.3) is 0 Å².